The van der Waals surface area contributed by atoms with Gasteiger partial charge < -0.3 is 4.74 Å². The molecular weight excluding hydrogens is 390 g/mol. The van der Waals surface area contributed by atoms with Crippen molar-refractivity contribution in [1.82, 2.24) is 4.72 Å². The first-order valence-corrected chi connectivity index (χ1v) is 10.3. The minimum Gasteiger partial charge on any atom is -0.492 e. The van der Waals surface area contributed by atoms with Crippen molar-refractivity contribution in [2.75, 3.05) is 6.61 Å². The first kappa shape index (κ1) is 17.5. The molecule has 0 unspecified atom stereocenters. The van der Waals surface area contributed by atoms with E-state index in [1.165, 1.54) is 5.56 Å². The van der Waals surface area contributed by atoms with Crippen molar-refractivity contribution >= 4 is 26.0 Å². The molecule has 0 heterocycles. The van der Waals surface area contributed by atoms with E-state index in [-0.39, 0.29) is 10.9 Å². The number of fused-ring (bicyclic) bond motifs is 1. The molecule has 0 radical (unpaired) electrons. The number of aryl methyl sites for hydroxylation is 1. The lowest BCUT2D eigenvalue weighted by Gasteiger charge is -2.26. The minimum atomic E-state index is -3.68. The van der Waals surface area contributed by atoms with Gasteiger partial charge >= 0.3 is 0 Å². The molecule has 0 amide bonds. The van der Waals surface area contributed by atoms with Crippen LogP contribution in [0.4, 0.5) is 0 Å². The van der Waals surface area contributed by atoms with E-state index in [9.17, 15) is 8.42 Å². The summed E-state index contributed by atoms with van der Waals surface area (Å²) in [5, 5.41) is 0. The van der Waals surface area contributed by atoms with Crippen LogP contribution in [0.5, 0.6) is 5.75 Å². The standard InChI is InChI=1S/C18H20BrNO3S/c1-2-23-17-11-10-14(19)12-18(17)24(21,22)20-16-9-5-7-13-6-3-4-8-15(13)16/h3-4,6,8,10-12,16,20H,2,5,7,9H2,1H3/t16-/m1/s1. The van der Waals surface area contributed by atoms with Gasteiger partial charge in [-0.2, -0.15) is 0 Å². The number of rotatable bonds is 5. The molecule has 1 aliphatic rings. The largest absolute Gasteiger partial charge is 0.492 e. The van der Waals surface area contributed by atoms with Crippen LogP contribution in [0.1, 0.15) is 36.9 Å². The molecule has 128 valence electrons. The molecule has 3 rings (SSSR count). The number of ether oxygens (including phenoxy) is 1. The summed E-state index contributed by atoms with van der Waals surface area (Å²) in [5.41, 5.74) is 2.29. The molecule has 24 heavy (non-hydrogen) atoms. The van der Waals surface area contributed by atoms with Crippen LogP contribution >= 0.6 is 15.9 Å². The monoisotopic (exact) mass is 409 g/mol. The zero-order valence-electron chi connectivity index (χ0n) is 13.5. The highest BCUT2D eigenvalue weighted by Gasteiger charge is 2.27. The number of halogens is 1. The Kier molecular flexibility index (Phi) is 5.27. The summed E-state index contributed by atoms with van der Waals surface area (Å²) < 4.78 is 35.0. The van der Waals surface area contributed by atoms with Crippen LogP contribution in [-0.4, -0.2) is 15.0 Å². The van der Waals surface area contributed by atoms with E-state index in [0.717, 1.165) is 24.8 Å². The van der Waals surface area contributed by atoms with Gasteiger partial charge in [-0.05, 0) is 55.5 Å². The van der Waals surface area contributed by atoms with Crippen molar-refractivity contribution in [3.63, 3.8) is 0 Å². The summed E-state index contributed by atoms with van der Waals surface area (Å²) in [6.45, 7) is 2.25. The quantitative estimate of drug-likeness (QED) is 0.804. The number of hydrogen-bond donors (Lipinski definition) is 1. The molecule has 0 fully saturated rings. The summed E-state index contributed by atoms with van der Waals surface area (Å²) in [7, 11) is -3.68. The molecule has 4 nitrogen and oxygen atoms in total. The second kappa shape index (κ2) is 7.25. The van der Waals surface area contributed by atoms with E-state index < -0.39 is 10.0 Å². The van der Waals surface area contributed by atoms with Crippen LogP contribution in [0, 0.1) is 0 Å². The van der Waals surface area contributed by atoms with E-state index >= 15 is 0 Å². The Hall–Kier alpha value is -1.37. The number of sulfonamides is 1. The fraction of sp³-hybridized carbons (Fsp3) is 0.333. The summed E-state index contributed by atoms with van der Waals surface area (Å²) in [4.78, 5) is 0.168. The molecule has 2 aromatic carbocycles. The fourth-order valence-electron chi connectivity index (χ4n) is 3.09. The average molecular weight is 410 g/mol. The van der Waals surface area contributed by atoms with E-state index in [2.05, 4.69) is 26.7 Å². The molecule has 0 saturated heterocycles. The Balaban J connectivity index is 1.94. The summed E-state index contributed by atoms with van der Waals surface area (Å²) in [6.07, 6.45) is 2.77. The van der Waals surface area contributed by atoms with Gasteiger partial charge in [0.2, 0.25) is 10.0 Å². The molecule has 0 saturated carbocycles. The summed E-state index contributed by atoms with van der Waals surface area (Å²) >= 11 is 3.34. The molecule has 6 heteroatoms. The first-order chi connectivity index (χ1) is 11.5. The maximum absolute atomic E-state index is 12.9. The molecule has 1 aliphatic carbocycles. The van der Waals surface area contributed by atoms with Gasteiger partial charge in [0.1, 0.15) is 10.6 Å². The van der Waals surface area contributed by atoms with Crippen LogP contribution in [0.2, 0.25) is 0 Å². The van der Waals surface area contributed by atoms with E-state index in [1.807, 2.05) is 25.1 Å². The lowest BCUT2D eigenvalue weighted by atomic mass is 9.88. The summed E-state index contributed by atoms with van der Waals surface area (Å²) in [6, 6.07) is 12.9. The Labute approximate surface area is 151 Å². The van der Waals surface area contributed by atoms with Crippen LogP contribution < -0.4 is 9.46 Å². The average Bonchev–Trinajstić information content (AvgIpc) is 2.57. The van der Waals surface area contributed by atoms with E-state index in [1.54, 1.807) is 18.2 Å². The van der Waals surface area contributed by atoms with Gasteiger partial charge in [-0.1, -0.05) is 40.2 Å². The van der Waals surface area contributed by atoms with Crippen LogP contribution in [0.15, 0.2) is 51.8 Å². The van der Waals surface area contributed by atoms with Crippen molar-refractivity contribution in [1.29, 1.82) is 0 Å². The maximum Gasteiger partial charge on any atom is 0.244 e. The highest BCUT2D eigenvalue weighted by molar-refractivity contribution is 9.10. The zero-order valence-corrected chi connectivity index (χ0v) is 15.9. The third-order valence-corrected chi connectivity index (χ3v) is 6.15. The second-order valence-electron chi connectivity index (χ2n) is 5.79. The lowest BCUT2D eigenvalue weighted by molar-refractivity contribution is 0.330. The Morgan fingerprint density at radius 2 is 2.04 bits per heavy atom. The lowest BCUT2D eigenvalue weighted by Crippen LogP contribution is -2.31. The molecule has 0 aliphatic heterocycles. The van der Waals surface area contributed by atoms with Crippen molar-refractivity contribution in [2.45, 2.75) is 37.1 Å². The third-order valence-electron chi connectivity index (χ3n) is 4.16. The normalized spacial score (nSPS) is 17.3. The van der Waals surface area contributed by atoms with Crippen LogP contribution in [0.3, 0.4) is 0 Å². The molecule has 1 N–H and O–H groups in total. The third kappa shape index (κ3) is 3.66. The summed E-state index contributed by atoms with van der Waals surface area (Å²) in [5.74, 6) is 0.372. The smallest absolute Gasteiger partial charge is 0.244 e. The first-order valence-electron chi connectivity index (χ1n) is 8.04. The highest BCUT2D eigenvalue weighted by atomic mass is 79.9. The van der Waals surface area contributed by atoms with Gasteiger partial charge in [0, 0.05) is 10.5 Å². The molecular formula is C18H20BrNO3S. The van der Waals surface area contributed by atoms with Gasteiger partial charge in [-0.15, -0.1) is 0 Å². The molecule has 1 atom stereocenters. The Bertz CT molecular complexity index is 836. The minimum absolute atomic E-state index is 0.168. The number of benzene rings is 2. The Morgan fingerprint density at radius 1 is 1.25 bits per heavy atom. The van der Waals surface area contributed by atoms with Crippen molar-refractivity contribution in [2.24, 2.45) is 0 Å². The SMILES string of the molecule is CCOc1ccc(Br)cc1S(=O)(=O)N[C@@H]1CCCc2ccccc21. The molecule has 0 bridgehead atoms. The van der Waals surface area contributed by atoms with Gasteiger partial charge in [0.25, 0.3) is 0 Å². The maximum atomic E-state index is 12.9. The zero-order chi connectivity index (χ0) is 17.2. The van der Waals surface area contributed by atoms with E-state index in [0.29, 0.717) is 16.8 Å². The van der Waals surface area contributed by atoms with Gasteiger partial charge in [0.15, 0.2) is 0 Å². The number of hydrogen-bond acceptors (Lipinski definition) is 3. The predicted molar refractivity (Wildman–Crippen MR) is 97.8 cm³/mol. The predicted octanol–water partition coefficient (Wildman–Crippen LogP) is 4.20. The van der Waals surface area contributed by atoms with Crippen molar-refractivity contribution in [3.05, 3.63) is 58.1 Å². The van der Waals surface area contributed by atoms with Gasteiger partial charge in [-0.3, -0.25) is 0 Å². The molecule has 2 aromatic rings. The molecule has 0 spiro atoms. The van der Waals surface area contributed by atoms with Gasteiger partial charge in [-0.25, -0.2) is 13.1 Å². The van der Waals surface area contributed by atoms with Crippen LogP contribution in [-0.2, 0) is 16.4 Å². The second-order valence-corrected chi connectivity index (χ2v) is 8.39. The Morgan fingerprint density at radius 3 is 2.83 bits per heavy atom. The van der Waals surface area contributed by atoms with E-state index in [4.69, 9.17) is 4.74 Å². The van der Waals surface area contributed by atoms with Crippen LogP contribution in [0.25, 0.3) is 0 Å². The van der Waals surface area contributed by atoms with Gasteiger partial charge in [0.05, 0.1) is 6.61 Å². The fourth-order valence-corrected chi connectivity index (χ4v) is 5.03. The van der Waals surface area contributed by atoms with Crippen molar-refractivity contribution < 1.29 is 13.2 Å². The highest BCUT2D eigenvalue weighted by Crippen LogP contribution is 2.33. The molecule has 0 aromatic heterocycles. The van der Waals surface area contributed by atoms with Crippen molar-refractivity contribution in [3.8, 4) is 5.75 Å². The number of nitrogens with one attached hydrogen (secondary N) is 1. The topological polar surface area (TPSA) is 55.4 Å².